The highest BCUT2D eigenvalue weighted by Crippen LogP contribution is 2.35. The first-order valence-electron chi connectivity index (χ1n) is 6.81. The Labute approximate surface area is 143 Å². The van der Waals surface area contributed by atoms with Gasteiger partial charge in [-0.25, -0.2) is 4.79 Å². The van der Waals surface area contributed by atoms with E-state index >= 15 is 0 Å². The molecule has 0 aromatic heterocycles. The van der Waals surface area contributed by atoms with E-state index in [4.69, 9.17) is 5.11 Å². The van der Waals surface area contributed by atoms with Crippen LogP contribution in [-0.2, 0) is 33.5 Å². The Hall–Kier alpha value is -4.09. The van der Waals surface area contributed by atoms with Crippen molar-refractivity contribution in [3.8, 4) is 0 Å². The zero-order valence-corrected chi connectivity index (χ0v) is 12.5. The largest absolute Gasteiger partial charge is 0.510 e. The van der Waals surface area contributed by atoms with Gasteiger partial charge in [-0.2, -0.15) is 14.7 Å². The lowest BCUT2D eigenvalue weighted by molar-refractivity contribution is -0.256. The first-order valence-corrected chi connectivity index (χ1v) is 6.81. The third-order valence-corrected chi connectivity index (χ3v) is 3.53. The molecule has 0 saturated carbocycles. The van der Waals surface area contributed by atoms with Gasteiger partial charge in [0.15, 0.2) is 0 Å². The standard InChI is InChI=1S/C14H7N3O9/c18-7-1-2-8(19)15(7)14(26-13(24)25,16-9(20)3-4-10(16)21)17-11(22)5-6-12(17)23/h1-6H,(H,24,25). The van der Waals surface area contributed by atoms with E-state index in [2.05, 4.69) is 4.74 Å². The Morgan fingerprint density at radius 1 is 0.654 bits per heavy atom. The van der Waals surface area contributed by atoms with Crippen LogP contribution in [0.25, 0.3) is 0 Å². The van der Waals surface area contributed by atoms with Crippen molar-refractivity contribution >= 4 is 41.6 Å². The van der Waals surface area contributed by atoms with Crippen LogP contribution in [0.4, 0.5) is 4.79 Å². The van der Waals surface area contributed by atoms with Crippen LogP contribution >= 0.6 is 0 Å². The number of nitrogens with zero attached hydrogens (tertiary/aromatic N) is 3. The fourth-order valence-corrected chi connectivity index (χ4v) is 2.62. The molecule has 0 bridgehead atoms. The monoisotopic (exact) mass is 361 g/mol. The summed E-state index contributed by atoms with van der Waals surface area (Å²) >= 11 is 0. The molecular weight excluding hydrogens is 354 g/mol. The summed E-state index contributed by atoms with van der Waals surface area (Å²) in [5.41, 5.74) is 0. The molecule has 12 nitrogen and oxygen atoms in total. The number of hydrogen-bond donors (Lipinski definition) is 1. The summed E-state index contributed by atoms with van der Waals surface area (Å²) in [5.74, 6) is -10.6. The molecule has 3 aliphatic heterocycles. The Kier molecular flexibility index (Phi) is 3.53. The minimum Gasteiger partial charge on any atom is -0.450 e. The molecule has 1 N–H and O–H groups in total. The number of ether oxygens (including phenoxy) is 1. The first kappa shape index (κ1) is 16.8. The van der Waals surface area contributed by atoms with Gasteiger partial charge in [-0.1, -0.05) is 0 Å². The van der Waals surface area contributed by atoms with Gasteiger partial charge in [0.1, 0.15) is 0 Å². The third-order valence-electron chi connectivity index (χ3n) is 3.53. The van der Waals surface area contributed by atoms with Crippen LogP contribution in [0.5, 0.6) is 0 Å². The van der Waals surface area contributed by atoms with Gasteiger partial charge >= 0.3 is 12.1 Å². The van der Waals surface area contributed by atoms with Crippen molar-refractivity contribution in [1.82, 2.24) is 14.7 Å². The average molecular weight is 361 g/mol. The van der Waals surface area contributed by atoms with Crippen molar-refractivity contribution in [1.29, 1.82) is 0 Å². The van der Waals surface area contributed by atoms with Gasteiger partial charge in [0.2, 0.25) is 0 Å². The zero-order valence-electron chi connectivity index (χ0n) is 12.5. The molecule has 3 rings (SSSR count). The molecule has 0 saturated heterocycles. The summed E-state index contributed by atoms with van der Waals surface area (Å²) in [6, 6.07) is 0. The Bertz CT molecular complexity index is 741. The number of hydrogen-bond acceptors (Lipinski definition) is 8. The highest BCUT2D eigenvalue weighted by atomic mass is 16.7. The molecule has 0 aromatic rings. The van der Waals surface area contributed by atoms with Crippen LogP contribution in [0, 0.1) is 0 Å². The normalized spacial score (nSPS) is 19.6. The van der Waals surface area contributed by atoms with Crippen molar-refractivity contribution in [3.63, 3.8) is 0 Å². The van der Waals surface area contributed by atoms with Gasteiger partial charge in [0.25, 0.3) is 35.4 Å². The van der Waals surface area contributed by atoms with E-state index in [-0.39, 0.29) is 14.7 Å². The SMILES string of the molecule is O=C(O)OC(N1C(=O)C=CC1=O)(N1C(=O)C=CC1=O)N1C(=O)C=CC1=O. The summed E-state index contributed by atoms with van der Waals surface area (Å²) in [5, 5.41) is 9.12. The Balaban J connectivity index is 2.30. The van der Waals surface area contributed by atoms with Crippen LogP contribution in [0.15, 0.2) is 36.5 Å². The molecule has 26 heavy (non-hydrogen) atoms. The quantitative estimate of drug-likeness (QED) is 0.444. The minimum absolute atomic E-state index is 0.0206. The van der Waals surface area contributed by atoms with Gasteiger partial charge in [0.05, 0.1) is 0 Å². The van der Waals surface area contributed by atoms with Gasteiger partial charge in [0, 0.05) is 36.5 Å². The second-order valence-electron chi connectivity index (χ2n) is 4.98. The van der Waals surface area contributed by atoms with E-state index in [1.807, 2.05) is 0 Å². The Morgan fingerprint density at radius 3 is 1.08 bits per heavy atom. The first-order chi connectivity index (χ1) is 12.2. The topological polar surface area (TPSA) is 159 Å². The van der Waals surface area contributed by atoms with E-state index in [0.29, 0.717) is 36.5 Å². The van der Waals surface area contributed by atoms with Gasteiger partial charge in [-0.15, -0.1) is 0 Å². The number of imide groups is 3. The molecule has 0 fully saturated rings. The molecular formula is C14H7N3O9. The highest BCUT2D eigenvalue weighted by Gasteiger charge is 2.65. The number of carbonyl (C=O) groups is 7. The Morgan fingerprint density at radius 2 is 0.885 bits per heavy atom. The number of rotatable bonds is 4. The molecule has 0 radical (unpaired) electrons. The lowest BCUT2D eigenvalue weighted by Crippen LogP contribution is -2.75. The maximum atomic E-state index is 12.2. The molecule has 0 aromatic carbocycles. The molecule has 12 heteroatoms. The van der Waals surface area contributed by atoms with Crippen LogP contribution < -0.4 is 0 Å². The van der Waals surface area contributed by atoms with E-state index in [1.54, 1.807) is 0 Å². The van der Waals surface area contributed by atoms with Gasteiger partial charge in [-0.3, -0.25) is 28.8 Å². The van der Waals surface area contributed by atoms with E-state index in [0.717, 1.165) is 0 Å². The van der Waals surface area contributed by atoms with Crippen molar-refractivity contribution in [3.05, 3.63) is 36.5 Å². The van der Waals surface area contributed by atoms with Crippen molar-refractivity contribution in [2.24, 2.45) is 0 Å². The lowest BCUT2D eigenvalue weighted by atomic mass is 10.3. The fourth-order valence-electron chi connectivity index (χ4n) is 2.62. The lowest BCUT2D eigenvalue weighted by Gasteiger charge is -2.46. The maximum Gasteiger partial charge on any atom is 0.510 e. The molecule has 132 valence electrons. The van der Waals surface area contributed by atoms with Crippen molar-refractivity contribution in [2.45, 2.75) is 5.97 Å². The molecule has 3 heterocycles. The average Bonchev–Trinajstić information content (AvgIpc) is 3.17. The van der Waals surface area contributed by atoms with Crippen molar-refractivity contribution < 1.29 is 43.4 Å². The van der Waals surface area contributed by atoms with E-state index in [9.17, 15) is 33.6 Å². The summed E-state index contributed by atoms with van der Waals surface area (Å²) in [7, 11) is 0. The van der Waals surface area contributed by atoms with Crippen LogP contribution in [0.1, 0.15) is 0 Å². The highest BCUT2D eigenvalue weighted by molar-refractivity contribution is 6.20. The molecule has 3 aliphatic rings. The van der Waals surface area contributed by atoms with Crippen LogP contribution in [-0.4, -0.2) is 67.4 Å². The summed E-state index contributed by atoms with van der Waals surface area (Å²) in [4.78, 5) is 84.3. The summed E-state index contributed by atoms with van der Waals surface area (Å²) in [6.07, 6.45) is 1.99. The fraction of sp³-hybridized carbons (Fsp3) is 0.0714. The predicted octanol–water partition coefficient (Wildman–Crippen LogP) is -1.93. The number of carboxylic acid groups (broad SMARTS) is 1. The summed E-state index contributed by atoms with van der Waals surface area (Å²) in [6.45, 7) is 0. The van der Waals surface area contributed by atoms with E-state index < -0.39 is 47.6 Å². The maximum absolute atomic E-state index is 12.2. The summed E-state index contributed by atoms with van der Waals surface area (Å²) < 4.78 is 4.56. The smallest absolute Gasteiger partial charge is 0.450 e. The van der Waals surface area contributed by atoms with Crippen LogP contribution in [0.3, 0.4) is 0 Å². The number of carbonyl (C=O) groups excluding carboxylic acids is 6. The second-order valence-corrected chi connectivity index (χ2v) is 4.98. The van der Waals surface area contributed by atoms with Gasteiger partial charge in [-0.05, 0) is 0 Å². The predicted molar refractivity (Wildman–Crippen MR) is 74.8 cm³/mol. The van der Waals surface area contributed by atoms with E-state index in [1.165, 1.54) is 0 Å². The molecule has 0 atom stereocenters. The van der Waals surface area contributed by atoms with Gasteiger partial charge < -0.3 is 9.84 Å². The second kappa shape index (κ2) is 5.47. The molecule has 0 aliphatic carbocycles. The molecule has 0 unspecified atom stereocenters. The molecule has 6 amide bonds. The van der Waals surface area contributed by atoms with Crippen LogP contribution in [0.2, 0.25) is 0 Å². The minimum atomic E-state index is -3.29. The number of amides is 6. The molecule has 0 spiro atoms. The van der Waals surface area contributed by atoms with Crippen molar-refractivity contribution in [2.75, 3.05) is 0 Å². The zero-order chi connectivity index (χ0) is 19.2. The third kappa shape index (κ3) is 2.12.